The smallest absolute Gasteiger partial charge is 0.123 e. The number of hydrogen-bond acceptors (Lipinski definition) is 2. The second kappa shape index (κ2) is 6.27. The van der Waals surface area contributed by atoms with Crippen LogP contribution < -0.4 is 10.5 Å². The second-order valence-electron chi connectivity index (χ2n) is 5.47. The summed E-state index contributed by atoms with van der Waals surface area (Å²) in [6.45, 7) is 7.89. The summed E-state index contributed by atoms with van der Waals surface area (Å²) in [5.41, 5.74) is 6.98. The van der Waals surface area contributed by atoms with E-state index in [2.05, 4.69) is 20.8 Å². The van der Waals surface area contributed by atoms with Crippen LogP contribution in [0.3, 0.4) is 0 Å². The van der Waals surface area contributed by atoms with Gasteiger partial charge in [0.15, 0.2) is 0 Å². The summed E-state index contributed by atoms with van der Waals surface area (Å²) in [4.78, 5) is 0. The monoisotopic (exact) mass is 255 g/mol. The van der Waals surface area contributed by atoms with Crippen LogP contribution in [-0.2, 0) is 6.54 Å². The van der Waals surface area contributed by atoms with E-state index in [0.717, 1.165) is 30.8 Å². The molecule has 0 aliphatic rings. The first-order chi connectivity index (χ1) is 7.92. The quantitative estimate of drug-likeness (QED) is 0.807. The highest BCUT2D eigenvalue weighted by Crippen LogP contribution is 2.24. The average Bonchev–Trinajstić information content (AvgIpc) is 2.24. The normalized spacial score (nSPS) is 11.6. The molecule has 0 aromatic heterocycles. The molecule has 0 aliphatic heterocycles. The molecule has 3 heteroatoms. The zero-order valence-electron chi connectivity index (χ0n) is 10.9. The first kappa shape index (κ1) is 14.3. The molecule has 2 N–H and O–H groups in total. The molecule has 0 fully saturated rings. The van der Waals surface area contributed by atoms with Gasteiger partial charge in [0.1, 0.15) is 5.75 Å². The third-order valence-electron chi connectivity index (χ3n) is 2.57. The molecular weight excluding hydrogens is 234 g/mol. The fourth-order valence-electron chi connectivity index (χ4n) is 1.63. The summed E-state index contributed by atoms with van der Waals surface area (Å²) in [6, 6.07) is 5.59. The van der Waals surface area contributed by atoms with Crippen molar-refractivity contribution in [3.05, 3.63) is 28.8 Å². The van der Waals surface area contributed by atoms with E-state index in [9.17, 15) is 0 Å². The number of benzene rings is 1. The molecule has 0 unspecified atom stereocenters. The van der Waals surface area contributed by atoms with E-state index in [0.29, 0.717) is 17.0 Å². The topological polar surface area (TPSA) is 35.2 Å². The van der Waals surface area contributed by atoms with E-state index < -0.39 is 0 Å². The van der Waals surface area contributed by atoms with Crippen molar-refractivity contribution in [2.75, 3.05) is 6.61 Å². The maximum atomic E-state index is 5.91. The molecule has 0 saturated heterocycles. The molecule has 96 valence electrons. The van der Waals surface area contributed by atoms with Gasteiger partial charge in [0, 0.05) is 17.1 Å². The van der Waals surface area contributed by atoms with Gasteiger partial charge in [-0.25, -0.2) is 0 Å². The van der Waals surface area contributed by atoms with E-state index in [4.69, 9.17) is 22.1 Å². The largest absolute Gasteiger partial charge is 0.493 e. The zero-order valence-corrected chi connectivity index (χ0v) is 11.7. The predicted octanol–water partition coefficient (Wildman–Crippen LogP) is 4.00. The molecule has 1 aromatic rings. The maximum absolute atomic E-state index is 5.91. The van der Waals surface area contributed by atoms with Gasteiger partial charge in [-0.15, -0.1) is 0 Å². The minimum absolute atomic E-state index is 0.361. The average molecular weight is 256 g/mol. The molecule has 0 saturated carbocycles. The van der Waals surface area contributed by atoms with Crippen LogP contribution in [0.1, 0.15) is 39.2 Å². The number of rotatable bonds is 5. The first-order valence-electron chi connectivity index (χ1n) is 6.04. The summed E-state index contributed by atoms with van der Waals surface area (Å²) in [5, 5.41) is 0.701. The molecule has 1 aromatic carbocycles. The van der Waals surface area contributed by atoms with Crippen LogP contribution in [0.15, 0.2) is 18.2 Å². The molecule has 0 spiro atoms. The van der Waals surface area contributed by atoms with Gasteiger partial charge in [0.25, 0.3) is 0 Å². The van der Waals surface area contributed by atoms with Crippen LogP contribution >= 0.6 is 11.6 Å². The van der Waals surface area contributed by atoms with Gasteiger partial charge in [-0.05, 0) is 36.5 Å². The van der Waals surface area contributed by atoms with E-state index in [1.807, 2.05) is 18.2 Å². The minimum Gasteiger partial charge on any atom is -0.493 e. The Morgan fingerprint density at radius 2 is 2.00 bits per heavy atom. The lowest BCUT2D eigenvalue weighted by molar-refractivity contribution is 0.267. The van der Waals surface area contributed by atoms with Crippen LogP contribution in [0.25, 0.3) is 0 Å². The highest BCUT2D eigenvalue weighted by molar-refractivity contribution is 6.30. The molecule has 0 heterocycles. The summed E-state index contributed by atoms with van der Waals surface area (Å²) in [5.74, 6) is 0.853. The number of ether oxygens (including phenoxy) is 1. The Balaban J connectivity index is 2.46. The molecule has 0 aliphatic carbocycles. The van der Waals surface area contributed by atoms with Gasteiger partial charge >= 0.3 is 0 Å². The standard InChI is InChI=1S/C14H22ClNO/c1-14(2,3)7-4-8-17-13-6-5-12(15)9-11(13)10-16/h5-6,9H,4,7-8,10,16H2,1-3H3. The SMILES string of the molecule is CC(C)(C)CCCOc1ccc(Cl)cc1CN. The third kappa shape index (κ3) is 5.42. The molecule has 0 bridgehead atoms. The van der Waals surface area contributed by atoms with Crippen molar-refractivity contribution in [2.24, 2.45) is 11.1 Å². The summed E-state index contributed by atoms with van der Waals surface area (Å²) in [6.07, 6.45) is 2.20. The van der Waals surface area contributed by atoms with Crippen LogP contribution in [0.4, 0.5) is 0 Å². The maximum Gasteiger partial charge on any atom is 0.123 e. The Morgan fingerprint density at radius 3 is 2.59 bits per heavy atom. The summed E-state index contributed by atoms with van der Waals surface area (Å²) >= 11 is 5.91. The highest BCUT2D eigenvalue weighted by Gasteiger charge is 2.09. The molecule has 2 nitrogen and oxygen atoms in total. The minimum atomic E-state index is 0.361. The van der Waals surface area contributed by atoms with Gasteiger partial charge in [-0.3, -0.25) is 0 Å². The Hall–Kier alpha value is -0.730. The highest BCUT2D eigenvalue weighted by atomic mass is 35.5. The Labute approximate surface area is 109 Å². The van der Waals surface area contributed by atoms with Crippen molar-refractivity contribution in [3.63, 3.8) is 0 Å². The van der Waals surface area contributed by atoms with Crippen molar-refractivity contribution >= 4 is 11.6 Å². The van der Waals surface area contributed by atoms with Gasteiger partial charge in [-0.2, -0.15) is 0 Å². The van der Waals surface area contributed by atoms with E-state index in [1.54, 1.807) is 0 Å². The Kier molecular flexibility index (Phi) is 5.29. The summed E-state index contributed by atoms with van der Waals surface area (Å²) in [7, 11) is 0. The molecular formula is C14H22ClNO. The van der Waals surface area contributed by atoms with Gasteiger partial charge in [-0.1, -0.05) is 32.4 Å². The van der Waals surface area contributed by atoms with E-state index in [-0.39, 0.29) is 0 Å². The number of nitrogens with two attached hydrogens (primary N) is 1. The number of halogens is 1. The van der Waals surface area contributed by atoms with Crippen molar-refractivity contribution in [1.29, 1.82) is 0 Å². The molecule has 0 atom stereocenters. The van der Waals surface area contributed by atoms with Gasteiger partial charge in [0.05, 0.1) is 6.61 Å². The van der Waals surface area contributed by atoms with Crippen molar-refractivity contribution in [1.82, 2.24) is 0 Å². The van der Waals surface area contributed by atoms with Crippen molar-refractivity contribution in [2.45, 2.75) is 40.2 Å². The summed E-state index contributed by atoms with van der Waals surface area (Å²) < 4.78 is 5.74. The fourth-order valence-corrected chi connectivity index (χ4v) is 1.83. The van der Waals surface area contributed by atoms with Crippen LogP contribution in [0, 0.1) is 5.41 Å². The Morgan fingerprint density at radius 1 is 1.29 bits per heavy atom. The van der Waals surface area contributed by atoms with Gasteiger partial charge in [0.2, 0.25) is 0 Å². The molecule has 1 rings (SSSR count). The van der Waals surface area contributed by atoms with Crippen LogP contribution in [0.2, 0.25) is 5.02 Å². The number of hydrogen-bond donors (Lipinski definition) is 1. The fraction of sp³-hybridized carbons (Fsp3) is 0.571. The van der Waals surface area contributed by atoms with Gasteiger partial charge < -0.3 is 10.5 Å². The van der Waals surface area contributed by atoms with Crippen LogP contribution in [0.5, 0.6) is 5.75 Å². The lowest BCUT2D eigenvalue weighted by Crippen LogP contribution is -2.09. The lowest BCUT2D eigenvalue weighted by Gasteiger charge is -2.18. The van der Waals surface area contributed by atoms with E-state index >= 15 is 0 Å². The second-order valence-corrected chi connectivity index (χ2v) is 5.91. The van der Waals surface area contributed by atoms with Crippen LogP contribution in [-0.4, -0.2) is 6.61 Å². The van der Waals surface area contributed by atoms with Crippen molar-refractivity contribution < 1.29 is 4.74 Å². The molecule has 0 radical (unpaired) electrons. The predicted molar refractivity (Wildman–Crippen MR) is 73.5 cm³/mol. The third-order valence-corrected chi connectivity index (χ3v) is 2.81. The molecule has 17 heavy (non-hydrogen) atoms. The Bertz CT molecular complexity index is 358. The van der Waals surface area contributed by atoms with Crippen molar-refractivity contribution in [3.8, 4) is 5.75 Å². The zero-order chi connectivity index (χ0) is 12.9. The lowest BCUT2D eigenvalue weighted by atomic mass is 9.91. The molecule has 0 amide bonds. The first-order valence-corrected chi connectivity index (χ1v) is 6.41. The van der Waals surface area contributed by atoms with E-state index in [1.165, 1.54) is 0 Å².